The molecule has 0 aliphatic heterocycles. The molecule has 5 nitrogen and oxygen atoms in total. The number of aromatic nitrogens is 3. The summed E-state index contributed by atoms with van der Waals surface area (Å²) in [5, 5.41) is 23.6. The third kappa shape index (κ3) is 2.10. The van der Waals surface area contributed by atoms with Gasteiger partial charge in [0.2, 0.25) is 0 Å². The number of benzene rings is 1. The van der Waals surface area contributed by atoms with Crippen LogP contribution >= 0.6 is 0 Å². The van der Waals surface area contributed by atoms with Crippen molar-refractivity contribution in [3.05, 3.63) is 48.5 Å². The second-order valence-corrected chi connectivity index (χ2v) is 3.65. The summed E-state index contributed by atoms with van der Waals surface area (Å²) < 4.78 is 1.49. The molecular weight excluding hydrogens is 206 g/mol. The highest BCUT2D eigenvalue weighted by molar-refractivity contribution is 5.22. The minimum atomic E-state index is -1.32. The molecule has 0 bridgehead atoms. The topological polar surface area (TPSA) is 71.2 Å². The van der Waals surface area contributed by atoms with Gasteiger partial charge < -0.3 is 10.2 Å². The van der Waals surface area contributed by atoms with Gasteiger partial charge in [-0.3, -0.25) is 0 Å². The molecule has 1 heterocycles. The van der Waals surface area contributed by atoms with Gasteiger partial charge in [0.05, 0.1) is 13.2 Å². The van der Waals surface area contributed by atoms with Crippen molar-refractivity contribution < 1.29 is 10.2 Å². The molecule has 1 aromatic carbocycles. The predicted molar refractivity (Wildman–Crippen MR) is 57.4 cm³/mol. The van der Waals surface area contributed by atoms with E-state index >= 15 is 0 Å². The highest BCUT2D eigenvalue weighted by atomic mass is 16.3. The van der Waals surface area contributed by atoms with Crippen LogP contribution in [0, 0.1) is 0 Å². The maximum absolute atomic E-state index is 10.3. The molecule has 0 aliphatic rings. The average molecular weight is 219 g/mol. The summed E-state index contributed by atoms with van der Waals surface area (Å²) in [6.07, 6.45) is 2.90. The summed E-state index contributed by atoms with van der Waals surface area (Å²) in [6, 6.07) is 9.03. The van der Waals surface area contributed by atoms with Crippen LogP contribution in [-0.2, 0) is 12.1 Å². The summed E-state index contributed by atoms with van der Waals surface area (Å²) in [5.41, 5.74) is -0.664. The Morgan fingerprint density at radius 2 is 2.00 bits per heavy atom. The molecular formula is C11H13N3O2. The van der Waals surface area contributed by atoms with Crippen LogP contribution in [0.2, 0.25) is 0 Å². The number of rotatable bonds is 4. The van der Waals surface area contributed by atoms with Crippen LogP contribution in [0.1, 0.15) is 5.56 Å². The van der Waals surface area contributed by atoms with Crippen molar-refractivity contribution in [3.8, 4) is 0 Å². The molecule has 0 saturated heterocycles. The molecule has 0 aliphatic carbocycles. The lowest BCUT2D eigenvalue weighted by molar-refractivity contribution is -0.0357. The summed E-state index contributed by atoms with van der Waals surface area (Å²) in [6.45, 7) is -0.190. The Kier molecular flexibility index (Phi) is 2.98. The fourth-order valence-corrected chi connectivity index (χ4v) is 1.56. The van der Waals surface area contributed by atoms with E-state index < -0.39 is 5.60 Å². The maximum atomic E-state index is 10.3. The normalized spacial score (nSPS) is 14.6. The molecule has 1 atom stereocenters. The zero-order chi connectivity index (χ0) is 11.4. The highest BCUT2D eigenvalue weighted by Crippen LogP contribution is 2.21. The molecule has 0 saturated carbocycles. The van der Waals surface area contributed by atoms with Gasteiger partial charge in [0.15, 0.2) is 0 Å². The van der Waals surface area contributed by atoms with Gasteiger partial charge >= 0.3 is 0 Å². The van der Waals surface area contributed by atoms with Gasteiger partial charge in [-0.1, -0.05) is 30.3 Å². The lowest BCUT2D eigenvalue weighted by atomic mass is 9.95. The molecule has 0 radical (unpaired) electrons. The number of aliphatic hydroxyl groups is 2. The molecule has 84 valence electrons. The Morgan fingerprint density at radius 1 is 1.25 bits per heavy atom. The largest absolute Gasteiger partial charge is 0.393 e. The SMILES string of the molecule is OCC(O)(Cn1cncn1)c1ccccc1. The standard InChI is InChI=1S/C11H13N3O2/c15-7-11(16,6-14-9-12-8-13-14)10-4-2-1-3-5-10/h1-5,8-9,15-16H,6-7H2. The van der Waals surface area contributed by atoms with Crippen molar-refractivity contribution >= 4 is 0 Å². The van der Waals surface area contributed by atoms with Crippen molar-refractivity contribution in [2.24, 2.45) is 0 Å². The first-order valence-electron chi connectivity index (χ1n) is 4.96. The Labute approximate surface area is 93.0 Å². The Hall–Kier alpha value is -1.72. The molecule has 5 heteroatoms. The van der Waals surface area contributed by atoms with Crippen molar-refractivity contribution in [3.63, 3.8) is 0 Å². The Morgan fingerprint density at radius 3 is 2.56 bits per heavy atom. The predicted octanol–water partition coefficient (Wildman–Crippen LogP) is 0.158. The van der Waals surface area contributed by atoms with Crippen LogP contribution < -0.4 is 0 Å². The highest BCUT2D eigenvalue weighted by Gasteiger charge is 2.29. The average Bonchev–Trinajstić information content (AvgIpc) is 2.83. The molecule has 0 fully saturated rings. The summed E-state index contributed by atoms with van der Waals surface area (Å²) in [7, 11) is 0. The summed E-state index contributed by atoms with van der Waals surface area (Å²) >= 11 is 0. The monoisotopic (exact) mass is 219 g/mol. The lowest BCUT2D eigenvalue weighted by Crippen LogP contribution is -2.35. The third-order valence-corrected chi connectivity index (χ3v) is 2.46. The molecule has 0 amide bonds. The Bertz CT molecular complexity index is 430. The van der Waals surface area contributed by atoms with Gasteiger partial charge in [-0.2, -0.15) is 5.10 Å². The molecule has 16 heavy (non-hydrogen) atoms. The molecule has 2 rings (SSSR count). The van der Waals surface area contributed by atoms with E-state index in [4.69, 9.17) is 0 Å². The fourth-order valence-electron chi connectivity index (χ4n) is 1.56. The molecule has 1 unspecified atom stereocenters. The zero-order valence-electron chi connectivity index (χ0n) is 8.69. The Balaban J connectivity index is 2.26. The van der Waals surface area contributed by atoms with E-state index in [0.717, 1.165) is 0 Å². The minimum absolute atomic E-state index is 0.174. The number of aliphatic hydroxyl groups excluding tert-OH is 1. The van der Waals surface area contributed by atoms with Gasteiger partial charge in [0.25, 0.3) is 0 Å². The lowest BCUT2D eigenvalue weighted by Gasteiger charge is -2.25. The first-order chi connectivity index (χ1) is 7.74. The number of nitrogens with zero attached hydrogens (tertiary/aromatic N) is 3. The van der Waals surface area contributed by atoms with Crippen molar-refractivity contribution in [1.29, 1.82) is 0 Å². The van der Waals surface area contributed by atoms with E-state index in [-0.39, 0.29) is 13.2 Å². The maximum Gasteiger partial charge on any atom is 0.137 e. The molecule has 2 aromatic rings. The number of hydrogen-bond acceptors (Lipinski definition) is 4. The van der Waals surface area contributed by atoms with E-state index in [1.54, 1.807) is 12.1 Å². The number of hydrogen-bond donors (Lipinski definition) is 2. The van der Waals surface area contributed by atoms with Crippen LogP contribution in [0.4, 0.5) is 0 Å². The second kappa shape index (κ2) is 4.42. The van der Waals surface area contributed by atoms with Crippen molar-refractivity contribution in [2.75, 3.05) is 6.61 Å². The van der Waals surface area contributed by atoms with E-state index in [2.05, 4.69) is 10.1 Å². The van der Waals surface area contributed by atoms with E-state index in [1.807, 2.05) is 18.2 Å². The zero-order valence-corrected chi connectivity index (χ0v) is 8.69. The van der Waals surface area contributed by atoms with E-state index in [9.17, 15) is 10.2 Å². The minimum Gasteiger partial charge on any atom is -0.393 e. The van der Waals surface area contributed by atoms with E-state index in [1.165, 1.54) is 17.3 Å². The van der Waals surface area contributed by atoms with Gasteiger partial charge in [0.1, 0.15) is 18.3 Å². The summed E-state index contributed by atoms with van der Waals surface area (Å²) in [4.78, 5) is 3.79. The third-order valence-electron chi connectivity index (χ3n) is 2.46. The molecule has 0 spiro atoms. The van der Waals surface area contributed by atoms with Crippen LogP contribution in [0.3, 0.4) is 0 Å². The van der Waals surface area contributed by atoms with Crippen LogP contribution in [0.5, 0.6) is 0 Å². The van der Waals surface area contributed by atoms with Crippen LogP contribution in [0.25, 0.3) is 0 Å². The van der Waals surface area contributed by atoms with E-state index in [0.29, 0.717) is 5.56 Å². The van der Waals surface area contributed by atoms with Gasteiger partial charge in [-0.05, 0) is 5.56 Å². The van der Waals surface area contributed by atoms with Crippen molar-refractivity contribution in [2.45, 2.75) is 12.1 Å². The second-order valence-electron chi connectivity index (χ2n) is 3.65. The quantitative estimate of drug-likeness (QED) is 0.768. The fraction of sp³-hybridized carbons (Fsp3) is 0.273. The smallest absolute Gasteiger partial charge is 0.137 e. The van der Waals surface area contributed by atoms with Crippen molar-refractivity contribution in [1.82, 2.24) is 14.8 Å². The van der Waals surface area contributed by atoms with Crippen LogP contribution in [-0.4, -0.2) is 31.6 Å². The van der Waals surface area contributed by atoms with Crippen LogP contribution in [0.15, 0.2) is 43.0 Å². The molecule has 1 aromatic heterocycles. The summed E-state index contributed by atoms with van der Waals surface area (Å²) in [5.74, 6) is 0. The van der Waals surface area contributed by atoms with Gasteiger partial charge in [-0.15, -0.1) is 0 Å². The molecule has 2 N–H and O–H groups in total. The van der Waals surface area contributed by atoms with Gasteiger partial charge in [-0.25, -0.2) is 9.67 Å². The first kappa shape index (κ1) is 10.8. The van der Waals surface area contributed by atoms with Gasteiger partial charge in [0, 0.05) is 0 Å². The first-order valence-corrected chi connectivity index (χ1v) is 4.96.